The van der Waals surface area contributed by atoms with Gasteiger partial charge in [-0.15, -0.1) is 13.2 Å². The van der Waals surface area contributed by atoms with Crippen LogP contribution in [0, 0.1) is 0 Å². The summed E-state index contributed by atoms with van der Waals surface area (Å²) in [5.74, 6) is 0. The third kappa shape index (κ3) is 4.14. The van der Waals surface area contributed by atoms with Crippen molar-refractivity contribution in [3.63, 3.8) is 0 Å². The molecule has 9 heavy (non-hydrogen) atoms. The Morgan fingerprint density at radius 2 is 1.44 bits per heavy atom. The maximum atomic E-state index is 5.57. The van der Waals surface area contributed by atoms with Crippen molar-refractivity contribution in [3.05, 3.63) is 25.3 Å². The minimum absolute atomic E-state index is 0.137. The Morgan fingerprint density at radius 1 is 1.11 bits per heavy atom. The predicted octanol–water partition coefficient (Wildman–Crippen LogP) is -0.903. The highest BCUT2D eigenvalue weighted by Crippen LogP contribution is 1.81. The fourth-order valence-electron chi connectivity index (χ4n) is 0.507. The molecule has 2 unspecified atom stereocenters. The molecule has 0 saturated heterocycles. The zero-order chi connectivity index (χ0) is 7.28. The van der Waals surface area contributed by atoms with Crippen LogP contribution >= 0.6 is 0 Å². The molecular weight excluding hydrogens is 128 g/mol. The fraction of sp³-hybridized carbons (Fsp3) is 0.333. The lowest BCUT2D eigenvalue weighted by Gasteiger charge is -2.07. The predicted molar refractivity (Wildman–Crippen MR) is 44.9 cm³/mol. The van der Waals surface area contributed by atoms with Crippen LogP contribution in [-0.2, 0) is 0 Å². The van der Waals surface area contributed by atoms with Crippen LogP contribution in [0.5, 0.6) is 0 Å². The van der Waals surface area contributed by atoms with Gasteiger partial charge in [0, 0.05) is 11.3 Å². The Bertz CT molecular complexity index is 91.2. The summed E-state index contributed by atoms with van der Waals surface area (Å²) in [7, 11) is -0.421. The lowest BCUT2D eigenvalue weighted by molar-refractivity contribution is 1.04. The number of nitrogens with two attached hydrogens (primary N) is 2. The third-order valence-corrected chi connectivity index (χ3v) is 2.91. The Morgan fingerprint density at radius 3 is 1.67 bits per heavy atom. The van der Waals surface area contributed by atoms with Crippen molar-refractivity contribution >= 4 is 9.52 Å². The zero-order valence-corrected chi connectivity index (χ0v) is 7.00. The van der Waals surface area contributed by atoms with Crippen LogP contribution in [0.1, 0.15) is 0 Å². The summed E-state index contributed by atoms with van der Waals surface area (Å²) in [4.78, 5) is 0. The number of rotatable bonds is 4. The summed E-state index contributed by atoms with van der Waals surface area (Å²) in [5.41, 5.74) is 11.4. The average Bonchev–Trinajstić information content (AvgIpc) is 1.87. The van der Waals surface area contributed by atoms with Crippen LogP contribution in [-0.4, -0.2) is 20.8 Å². The molecule has 3 heteroatoms. The minimum Gasteiger partial charge on any atom is -0.327 e. The van der Waals surface area contributed by atoms with E-state index in [0.717, 1.165) is 0 Å². The molecule has 0 aliphatic rings. The van der Waals surface area contributed by atoms with Crippen molar-refractivity contribution in [3.8, 4) is 0 Å². The van der Waals surface area contributed by atoms with E-state index in [1.807, 2.05) is 0 Å². The van der Waals surface area contributed by atoms with Crippen molar-refractivity contribution in [2.45, 2.75) is 11.3 Å². The first-order chi connectivity index (χ1) is 4.20. The van der Waals surface area contributed by atoms with Gasteiger partial charge in [-0.2, -0.15) is 0 Å². The summed E-state index contributed by atoms with van der Waals surface area (Å²) in [6.45, 7) is 7.14. The van der Waals surface area contributed by atoms with Crippen LogP contribution in [0.4, 0.5) is 0 Å². The van der Waals surface area contributed by atoms with Gasteiger partial charge in [0.15, 0.2) is 0 Å². The van der Waals surface area contributed by atoms with Crippen LogP contribution in [0.15, 0.2) is 25.3 Å². The van der Waals surface area contributed by atoms with E-state index < -0.39 is 9.52 Å². The van der Waals surface area contributed by atoms with Gasteiger partial charge in [-0.3, -0.25) is 0 Å². The highest BCUT2D eigenvalue weighted by molar-refractivity contribution is 6.41. The SMILES string of the molecule is C=CC(N)[SiH2]C(N)C=C. The van der Waals surface area contributed by atoms with Gasteiger partial charge in [-0.05, 0) is 0 Å². The smallest absolute Gasteiger partial charge is 0.0693 e. The van der Waals surface area contributed by atoms with E-state index in [4.69, 9.17) is 11.5 Å². The van der Waals surface area contributed by atoms with Gasteiger partial charge in [0.1, 0.15) is 0 Å². The quantitative estimate of drug-likeness (QED) is 0.395. The summed E-state index contributed by atoms with van der Waals surface area (Å²) >= 11 is 0. The Labute approximate surface area is 58.4 Å². The van der Waals surface area contributed by atoms with Crippen molar-refractivity contribution < 1.29 is 0 Å². The summed E-state index contributed by atoms with van der Waals surface area (Å²) in [6.07, 6.45) is 3.49. The molecule has 52 valence electrons. The second kappa shape index (κ2) is 4.49. The minimum atomic E-state index is -0.421. The summed E-state index contributed by atoms with van der Waals surface area (Å²) in [5, 5.41) is 0. The van der Waals surface area contributed by atoms with E-state index in [0.29, 0.717) is 0 Å². The molecule has 0 aromatic heterocycles. The van der Waals surface area contributed by atoms with E-state index in [9.17, 15) is 0 Å². The molecule has 2 nitrogen and oxygen atoms in total. The number of hydrogen-bond donors (Lipinski definition) is 2. The lowest BCUT2D eigenvalue weighted by atomic mass is 10.6. The van der Waals surface area contributed by atoms with Crippen LogP contribution < -0.4 is 11.5 Å². The molecule has 0 aromatic carbocycles. The molecule has 0 saturated carbocycles. The average molecular weight is 142 g/mol. The molecule has 0 rings (SSSR count). The van der Waals surface area contributed by atoms with Gasteiger partial charge >= 0.3 is 0 Å². The molecule has 4 N–H and O–H groups in total. The van der Waals surface area contributed by atoms with Gasteiger partial charge in [-0.1, -0.05) is 12.2 Å². The number of hydrogen-bond acceptors (Lipinski definition) is 2. The standard InChI is InChI=1S/C6H14N2Si/c1-3-5(7)9-6(8)4-2/h3-6H,1-2,7-9H2. The summed E-state index contributed by atoms with van der Waals surface area (Å²) in [6, 6.07) is 0. The van der Waals surface area contributed by atoms with E-state index >= 15 is 0 Å². The van der Waals surface area contributed by atoms with Gasteiger partial charge < -0.3 is 11.5 Å². The first kappa shape index (κ1) is 8.62. The Balaban J connectivity index is 3.45. The molecule has 0 amide bonds. The Hall–Kier alpha value is -0.383. The van der Waals surface area contributed by atoms with Crippen molar-refractivity contribution in [1.82, 2.24) is 0 Å². The van der Waals surface area contributed by atoms with Crippen LogP contribution in [0.3, 0.4) is 0 Å². The van der Waals surface area contributed by atoms with E-state index in [-0.39, 0.29) is 11.3 Å². The van der Waals surface area contributed by atoms with Gasteiger partial charge in [0.2, 0.25) is 0 Å². The molecule has 0 aromatic rings. The largest absolute Gasteiger partial charge is 0.327 e. The van der Waals surface area contributed by atoms with Crippen molar-refractivity contribution in [1.29, 1.82) is 0 Å². The summed E-state index contributed by atoms with van der Waals surface area (Å²) < 4.78 is 0. The van der Waals surface area contributed by atoms with Gasteiger partial charge in [0.05, 0.1) is 9.52 Å². The Kier molecular flexibility index (Phi) is 4.30. The van der Waals surface area contributed by atoms with Crippen molar-refractivity contribution in [2.75, 3.05) is 0 Å². The molecule has 0 aliphatic heterocycles. The molecule has 0 heterocycles. The van der Waals surface area contributed by atoms with E-state index in [2.05, 4.69) is 13.2 Å². The third-order valence-electron chi connectivity index (χ3n) is 1.15. The molecule has 0 radical (unpaired) electrons. The molecule has 0 aliphatic carbocycles. The topological polar surface area (TPSA) is 52.0 Å². The van der Waals surface area contributed by atoms with Crippen molar-refractivity contribution in [2.24, 2.45) is 11.5 Å². The fourth-order valence-corrected chi connectivity index (χ4v) is 1.52. The highest BCUT2D eigenvalue weighted by atomic mass is 28.2. The zero-order valence-electron chi connectivity index (χ0n) is 5.59. The highest BCUT2D eigenvalue weighted by Gasteiger charge is 2.01. The second-order valence-corrected chi connectivity index (χ2v) is 4.39. The van der Waals surface area contributed by atoms with Crippen LogP contribution in [0.25, 0.3) is 0 Å². The first-order valence-electron chi connectivity index (χ1n) is 2.97. The van der Waals surface area contributed by atoms with Crippen LogP contribution in [0.2, 0.25) is 0 Å². The second-order valence-electron chi connectivity index (χ2n) is 2.03. The maximum absolute atomic E-state index is 5.57. The molecule has 2 atom stereocenters. The normalized spacial score (nSPS) is 17.6. The molecule has 0 fully saturated rings. The maximum Gasteiger partial charge on any atom is 0.0693 e. The van der Waals surface area contributed by atoms with Gasteiger partial charge in [0.25, 0.3) is 0 Å². The first-order valence-corrected chi connectivity index (χ1v) is 4.60. The van der Waals surface area contributed by atoms with Gasteiger partial charge in [-0.25, -0.2) is 0 Å². The van der Waals surface area contributed by atoms with E-state index in [1.165, 1.54) is 0 Å². The lowest BCUT2D eigenvalue weighted by Crippen LogP contribution is -2.37. The van der Waals surface area contributed by atoms with E-state index in [1.54, 1.807) is 12.2 Å². The monoisotopic (exact) mass is 142 g/mol. The molecular formula is C6H14N2Si. The molecule has 0 spiro atoms. The molecule has 0 bridgehead atoms.